The number of aromatic amines is 1. The Bertz CT molecular complexity index is 4310. The van der Waals surface area contributed by atoms with E-state index in [-0.39, 0.29) is 76.1 Å². The minimum Gasteiger partial charge on any atom is -0.481 e. The molecule has 1 aromatic heterocycles. The van der Waals surface area contributed by atoms with Crippen molar-refractivity contribution in [2.75, 3.05) is 45.9 Å². The van der Waals surface area contributed by atoms with Gasteiger partial charge in [0.25, 0.3) is 0 Å². The van der Waals surface area contributed by atoms with E-state index in [1.807, 2.05) is 5.32 Å². The molecule has 0 radical (unpaired) electrons. The number of aliphatic carboxylic acids is 4. The monoisotopic (exact) mass is 1860 g/mol. The number of amides is 17. The van der Waals surface area contributed by atoms with Crippen LogP contribution in [0.1, 0.15) is 138 Å². The van der Waals surface area contributed by atoms with Crippen LogP contribution >= 0.6 is 0 Å². The predicted molar refractivity (Wildman–Crippen MR) is 454 cm³/mol. The summed E-state index contributed by atoms with van der Waals surface area (Å²) in [6, 6.07) is -17.3. The summed E-state index contributed by atoms with van der Waals surface area (Å²) >= 11 is 0. The number of hydrogen-bond acceptors (Lipinski definition) is 28. The highest BCUT2D eigenvalue weighted by Crippen LogP contribution is 2.21. The molecule has 1 aliphatic heterocycles. The molecule has 2 heterocycles. The molecule has 1 aliphatic rings. The third-order valence-electron chi connectivity index (χ3n) is 19.8. The average molecular weight is 1860 g/mol. The molecular formula is C79H123N23O29. The van der Waals surface area contributed by atoms with Crippen molar-refractivity contribution in [1.29, 1.82) is 5.41 Å². The highest BCUT2D eigenvalue weighted by molar-refractivity contribution is 6.02. The largest absolute Gasteiger partial charge is 0.481 e. The van der Waals surface area contributed by atoms with E-state index in [1.165, 1.54) is 33.3 Å². The number of benzene rings is 1. The molecule has 131 heavy (non-hydrogen) atoms. The number of nitrogens with one attached hydrogen (secondary N) is 19. The van der Waals surface area contributed by atoms with Crippen LogP contribution in [0.4, 0.5) is 0 Å². The van der Waals surface area contributed by atoms with Crippen LogP contribution in [0, 0.1) is 23.2 Å². The van der Waals surface area contributed by atoms with Crippen LogP contribution in [0.2, 0.25) is 0 Å². The summed E-state index contributed by atoms with van der Waals surface area (Å²) in [6.07, 6.45) is -5.75. The highest BCUT2D eigenvalue weighted by atomic mass is 16.4. The molecule has 17 atom stereocenters. The van der Waals surface area contributed by atoms with Crippen LogP contribution in [-0.4, -0.2) is 335 Å². The van der Waals surface area contributed by atoms with E-state index in [4.69, 9.17) is 16.9 Å². The molecular weight excluding hydrogens is 1740 g/mol. The number of nitrogens with two attached hydrogens (primary N) is 2. The van der Waals surface area contributed by atoms with Gasteiger partial charge in [-0.2, -0.15) is 0 Å². The summed E-state index contributed by atoms with van der Waals surface area (Å²) in [5, 5.41) is 126. The molecule has 3 rings (SSSR count). The SMILES string of the molecule is CC(C)C[C@H](NC(=O)CNC(=O)[C@H](CC(=O)O)NC(=O)[C@H](CCC(=O)O)NC(=O)CNC(=O)[C@@H]1CCCN1C(=O)[C@H](Cc1ccccc1)NC(=O)[C@@H](NC(=O)[C@@H](NC(=O)[C@H](C)NC(=O)[C@H](CC(C)C)NC(=O)[C@H](CC(=O)O)NC(=O)[C@H](Cc1cnc[nH]1)NC(=O)[C@H](CO)NC(=O)CN)C(C)C)[C@@H](C)O)C(=O)N[C@H](C(=O)N[C@@H](CCCNC(=N)N)C(=O)N[C@@H](CO)C(=O)O)[C@@H](C)O. The topological polar surface area (TPSA) is 833 Å². The Morgan fingerprint density at radius 2 is 0.916 bits per heavy atom. The Kier molecular flexibility index (Phi) is 47.6. The third kappa shape index (κ3) is 39.9. The summed E-state index contributed by atoms with van der Waals surface area (Å²) in [6.45, 7) is 8.24. The second-order valence-corrected chi connectivity index (χ2v) is 32.1. The predicted octanol–water partition coefficient (Wildman–Crippen LogP) is -11.2. The number of likely N-dealkylation sites (tertiary alicyclic amines) is 1. The summed E-state index contributed by atoms with van der Waals surface area (Å²) in [4.78, 5) is 289. The van der Waals surface area contributed by atoms with Crippen molar-refractivity contribution in [1.82, 2.24) is 105 Å². The molecule has 0 spiro atoms. The zero-order valence-electron chi connectivity index (χ0n) is 73.7. The minimum absolute atomic E-state index is 0.00552. The first-order chi connectivity index (χ1) is 61.5. The molecule has 1 saturated heterocycles. The van der Waals surface area contributed by atoms with Crippen LogP contribution in [-0.2, 0) is 114 Å². The number of carbonyl (C=O) groups excluding carboxylic acids is 17. The Labute approximate surface area is 751 Å². The van der Waals surface area contributed by atoms with Crippen molar-refractivity contribution in [3.05, 3.63) is 54.1 Å². The number of nitrogens with zero attached hydrogens (tertiary/aromatic N) is 2. The van der Waals surface area contributed by atoms with Gasteiger partial charge in [0.05, 0.1) is 64.2 Å². The highest BCUT2D eigenvalue weighted by Gasteiger charge is 2.43. The first kappa shape index (κ1) is 112. The first-order valence-corrected chi connectivity index (χ1v) is 41.8. The van der Waals surface area contributed by atoms with Gasteiger partial charge in [-0.25, -0.2) is 9.78 Å². The Morgan fingerprint density at radius 3 is 1.42 bits per heavy atom. The molecule has 1 fully saturated rings. The fraction of sp³-hybridized carbons (Fsp3) is 0.608. The number of hydrogen-bond donors (Lipinski definition) is 29. The standard InChI is InChI=1S/C79H123N23O29/c1-36(2)23-46(71(123)100-62(40(8)105)75(127)92-44(17-13-21-84-79(81)82)66(118)98-53(34-104)78(130)131)90-57(109)31-85-65(117)49(27-59(112)113)95-67(119)45(19-20-58(110)111)89-56(108)32-86-73(125)54-18-14-22-102(54)77(129)51(25-42-15-11-10-12-16-42)97-76(128)63(41(9)106)101-74(126)61(38(5)6)99-64(116)39(7)88-68(120)47(24-37(3)4)93-70(122)50(28-60(114)115)96-69(121)48(26-43-30-83-35-87-43)94-72(124)52(33-103)91-55(107)29-80/h10-12,15-16,30,35-41,44-54,61-63,103-106H,13-14,17-29,31-34,80H2,1-9H3,(H,83,87)(H,85,117)(H,86,125)(H,88,120)(H,89,108)(H,90,109)(H,91,107)(H,92,127)(H,93,122)(H,94,124)(H,95,119)(H,96,121)(H,97,128)(H,98,118)(H,99,116)(H,100,123)(H,101,126)(H,110,111)(H,112,113)(H,114,115)(H,130,131)(H4,81,82,84)/t39-,40+,41+,44-,45-,46-,47-,48-,49-,50-,51-,52-,53-,54-,61-,62-,63-/m0/s1. The van der Waals surface area contributed by atoms with Gasteiger partial charge >= 0.3 is 23.9 Å². The van der Waals surface area contributed by atoms with Crippen LogP contribution in [0.25, 0.3) is 0 Å². The molecule has 52 heteroatoms. The fourth-order valence-corrected chi connectivity index (χ4v) is 13.0. The number of aromatic nitrogens is 2. The van der Waals surface area contributed by atoms with E-state index < -0.39 is 303 Å². The number of guanidine groups is 1. The lowest BCUT2D eigenvalue weighted by Gasteiger charge is -2.31. The van der Waals surface area contributed by atoms with Gasteiger partial charge < -0.3 is 153 Å². The normalized spacial score (nSPS) is 15.9. The van der Waals surface area contributed by atoms with Crippen molar-refractivity contribution in [3.8, 4) is 0 Å². The fourth-order valence-electron chi connectivity index (χ4n) is 13.0. The average Bonchev–Trinajstić information content (AvgIpc) is 1.71. The van der Waals surface area contributed by atoms with Gasteiger partial charge in [-0.05, 0) is 89.0 Å². The second-order valence-electron chi connectivity index (χ2n) is 32.1. The molecule has 0 unspecified atom stereocenters. The molecule has 0 aliphatic carbocycles. The number of rotatable bonds is 58. The van der Waals surface area contributed by atoms with Gasteiger partial charge in [0.2, 0.25) is 100 Å². The van der Waals surface area contributed by atoms with E-state index in [0.29, 0.717) is 5.56 Å². The maximum Gasteiger partial charge on any atom is 0.328 e. The number of carbonyl (C=O) groups is 21. The number of carboxylic acids is 4. The molecule has 52 nitrogen and oxygen atoms in total. The van der Waals surface area contributed by atoms with Gasteiger partial charge in [-0.15, -0.1) is 0 Å². The van der Waals surface area contributed by atoms with Crippen LogP contribution in [0.5, 0.6) is 0 Å². The van der Waals surface area contributed by atoms with Gasteiger partial charge in [0.15, 0.2) is 5.96 Å². The zero-order valence-corrected chi connectivity index (χ0v) is 73.7. The number of carboxylic acid groups (broad SMARTS) is 4. The van der Waals surface area contributed by atoms with E-state index in [2.05, 4.69) is 95.0 Å². The molecule has 0 saturated carbocycles. The Hall–Kier alpha value is -13.6. The van der Waals surface area contributed by atoms with E-state index in [1.54, 1.807) is 58.0 Å². The molecule has 17 amide bonds. The molecule has 2 aromatic rings. The smallest absolute Gasteiger partial charge is 0.328 e. The van der Waals surface area contributed by atoms with Crippen LogP contribution in [0.15, 0.2) is 42.9 Å². The van der Waals surface area contributed by atoms with Gasteiger partial charge in [0, 0.05) is 44.2 Å². The zero-order chi connectivity index (χ0) is 98.8. The summed E-state index contributed by atoms with van der Waals surface area (Å²) in [5.41, 5.74) is 11.3. The Morgan fingerprint density at radius 1 is 0.473 bits per heavy atom. The molecule has 0 bridgehead atoms. The maximum absolute atomic E-state index is 14.8. The third-order valence-corrected chi connectivity index (χ3v) is 19.8. The summed E-state index contributed by atoms with van der Waals surface area (Å²) in [7, 11) is 0. The summed E-state index contributed by atoms with van der Waals surface area (Å²) < 4.78 is 0. The lowest BCUT2D eigenvalue weighted by molar-refractivity contribution is -0.143. The van der Waals surface area contributed by atoms with Gasteiger partial charge in [0.1, 0.15) is 90.6 Å². The van der Waals surface area contributed by atoms with Gasteiger partial charge in [-0.3, -0.25) is 101 Å². The molecule has 31 N–H and O–H groups in total. The molecule has 1 aromatic carbocycles. The number of H-pyrrole nitrogens is 1. The maximum atomic E-state index is 14.8. The lowest BCUT2D eigenvalue weighted by Crippen LogP contribution is -2.62. The van der Waals surface area contributed by atoms with Gasteiger partial charge in [-0.1, -0.05) is 71.9 Å². The van der Waals surface area contributed by atoms with Crippen LogP contribution < -0.4 is 102 Å². The Balaban J connectivity index is 1.78. The van der Waals surface area contributed by atoms with Crippen molar-refractivity contribution < 1.29 is 142 Å². The second kappa shape index (κ2) is 56.0. The van der Waals surface area contributed by atoms with Crippen molar-refractivity contribution >= 4 is 130 Å². The van der Waals surface area contributed by atoms with E-state index in [9.17, 15) is 142 Å². The quantitative estimate of drug-likeness (QED) is 0.0166. The van der Waals surface area contributed by atoms with E-state index in [0.717, 1.165) is 18.7 Å². The van der Waals surface area contributed by atoms with E-state index >= 15 is 0 Å². The summed E-state index contributed by atoms with van der Waals surface area (Å²) in [5.74, 6) is -27.2. The van der Waals surface area contributed by atoms with Crippen molar-refractivity contribution in [2.24, 2.45) is 29.2 Å². The number of aliphatic hydroxyl groups excluding tert-OH is 4. The number of aliphatic hydroxyl groups is 4. The lowest BCUT2D eigenvalue weighted by atomic mass is 10.0. The number of imidazole rings is 1. The molecule has 728 valence electrons. The van der Waals surface area contributed by atoms with Crippen molar-refractivity contribution in [2.45, 2.75) is 242 Å². The first-order valence-electron chi connectivity index (χ1n) is 41.8. The van der Waals surface area contributed by atoms with Crippen molar-refractivity contribution in [3.63, 3.8) is 0 Å². The minimum atomic E-state index is -2.07. The van der Waals surface area contributed by atoms with Crippen LogP contribution in [0.3, 0.4) is 0 Å².